The first-order valence-corrected chi connectivity index (χ1v) is 5.02. The molecule has 1 amide bonds. The molecule has 4 heteroatoms. The fourth-order valence-corrected chi connectivity index (χ4v) is 2.04. The molecule has 0 bridgehead atoms. The lowest BCUT2D eigenvalue weighted by Gasteiger charge is -2.14. The summed E-state index contributed by atoms with van der Waals surface area (Å²) in [5.41, 5.74) is 1.95. The molecule has 13 heavy (non-hydrogen) atoms. The van der Waals surface area contributed by atoms with Crippen LogP contribution in [0.4, 0.5) is 0 Å². The van der Waals surface area contributed by atoms with Gasteiger partial charge in [0.05, 0.1) is 0 Å². The van der Waals surface area contributed by atoms with Crippen LogP contribution in [0.1, 0.15) is 32.1 Å². The number of nitrogens with one attached hydrogen (secondary N) is 2. The van der Waals surface area contributed by atoms with E-state index in [0.29, 0.717) is 10.8 Å². The van der Waals surface area contributed by atoms with E-state index in [-0.39, 0.29) is 5.91 Å². The van der Waals surface area contributed by atoms with Gasteiger partial charge in [0.25, 0.3) is 5.91 Å². The largest absolute Gasteiger partial charge is 0.328 e. The summed E-state index contributed by atoms with van der Waals surface area (Å²) in [6, 6.07) is 0. The Morgan fingerprint density at radius 1 is 1.08 bits per heavy atom. The van der Waals surface area contributed by atoms with Gasteiger partial charge in [-0.1, -0.05) is 6.42 Å². The van der Waals surface area contributed by atoms with Crippen molar-refractivity contribution >= 4 is 23.2 Å². The zero-order valence-corrected chi connectivity index (χ0v) is 8.17. The van der Waals surface area contributed by atoms with Gasteiger partial charge in [-0.3, -0.25) is 10.1 Å². The van der Waals surface area contributed by atoms with Crippen molar-refractivity contribution in [2.24, 2.45) is 0 Å². The monoisotopic (exact) mass is 196 g/mol. The Morgan fingerprint density at radius 2 is 1.77 bits per heavy atom. The van der Waals surface area contributed by atoms with Crippen molar-refractivity contribution in [2.45, 2.75) is 32.1 Å². The van der Waals surface area contributed by atoms with Crippen molar-refractivity contribution in [1.82, 2.24) is 10.6 Å². The van der Waals surface area contributed by atoms with E-state index in [4.69, 9.17) is 12.2 Å². The Labute approximate surface area is 82.6 Å². The summed E-state index contributed by atoms with van der Waals surface area (Å²) in [5, 5.41) is 5.95. The van der Waals surface area contributed by atoms with Crippen LogP contribution in [0.3, 0.4) is 0 Å². The Hall–Kier alpha value is -0.900. The predicted octanol–water partition coefficient (Wildman–Crippen LogP) is 1.21. The van der Waals surface area contributed by atoms with E-state index < -0.39 is 0 Å². The third-order valence-corrected chi connectivity index (χ3v) is 2.71. The first kappa shape index (κ1) is 8.69. The molecule has 2 N–H and O–H groups in total. The van der Waals surface area contributed by atoms with Gasteiger partial charge >= 0.3 is 0 Å². The lowest BCUT2D eigenvalue weighted by molar-refractivity contribution is -0.115. The van der Waals surface area contributed by atoms with Gasteiger partial charge in [-0.15, -0.1) is 0 Å². The van der Waals surface area contributed by atoms with Gasteiger partial charge in [-0.25, -0.2) is 0 Å². The SMILES string of the molecule is O=C1NC(=S)NC1=C1CCCCC1. The summed E-state index contributed by atoms with van der Waals surface area (Å²) in [7, 11) is 0. The molecule has 2 fully saturated rings. The Bertz CT molecular complexity index is 288. The predicted molar refractivity (Wildman–Crippen MR) is 54.0 cm³/mol. The molecule has 1 aliphatic heterocycles. The maximum absolute atomic E-state index is 11.4. The molecule has 1 aliphatic carbocycles. The molecule has 0 aromatic carbocycles. The third-order valence-electron chi connectivity index (χ3n) is 2.50. The molecule has 1 saturated heterocycles. The van der Waals surface area contributed by atoms with E-state index in [1.165, 1.54) is 24.8 Å². The molecule has 0 unspecified atom stereocenters. The highest BCUT2D eigenvalue weighted by Crippen LogP contribution is 2.25. The fraction of sp³-hybridized carbons (Fsp3) is 0.556. The van der Waals surface area contributed by atoms with Crippen molar-refractivity contribution in [3.05, 3.63) is 11.3 Å². The van der Waals surface area contributed by atoms with Gasteiger partial charge in [0.2, 0.25) is 0 Å². The van der Waals surface area contributed by atoms with Crippen LogP contribution >= 0.6 is 12.2 Å². The van der Waals surface area contributed by atoms with Gasteiger partial charge in [0.15, 0.2) is 5.11 Å². The van der Waals surface area contributed by atoms with Gasteiger partial charge in [-0.05, 0) is 43.5 Å². The quantitative estimate of drug-likeness (QED) is 0.452. The van der Waals surface area contributed by atoms with Crippen LogP contribution in [0.2, 0.25) is 0 Å². The number of allylic oxidation sites excluding steroid dienone is 1. The van der Waals surface area contributed by atoms with Crippen LogP contribution in [0.15, 0.2) is 11.3 Å². The van der Waals surface area contributed by atoms with Crippen LogP contribution in [0, 0.1) is 0 Å². The van der Waals surface area contributed by atoms with Gasteiger partial charge in [-0.2, -0.15) is 0 Å². The number of carbonyl (C=O) groups excluding carboxylic acids is 1. The lowest BCUT2D eigenvalue weighted by Crippen LogP contribution is -2.21. The molecule has 1 saturated carbocycles. The zero-order valence-electron chi connectivity index (χ0n) is 7.35. The average molecular weight is 196 g/mol. The van der Waals surface area contributed by atoms with E-state index in [1.54, 1.807) is 0 Å². The number of thiocarbonyl (C=S) groups is 1. The lowest BCUT2D eigenvalue weighted by atomic mass is 9.93. The summed E-state index contributed by atoms with van der Waals surface area (Å²) in [4.78, 5) is 11.4. The Kier molecular flexibility index (Phi) is 2.31. The molecule has 0 atom stereocenters. The standard InChI is InChI=1S/C9H12N2OS/c12-8-7(10-9(13)11-8)6-4-2-1-3-5-6/h1-5H2,(H2,10,11,12,13). The molecular weight excluding hydrogens is 184 g/mol. The molecule has 2 rings (SSSR count). The highest BCUT2D eigenvalue weighted by Gasteiger charge is 2.24. The van der Waals surface area contributed by atoms with Gasteiger partial charge in [0.1, 0.15) is 5.70 Å². The maximum Gasteiger partial charge on any atom is 0.273 e. The van der Waals surface area contributed by atoms with E-state index in [9.17, 15) is 4.79 Å². The summed E-state index contributed by atoms with van der Waals surface area (Å²) in [6.07, 6.45) is 5.75. The Balaban J connectivity index is 2.21. The number of hydrogen-bond donors (Lipinski definition) is 2. The maximum atomic E-state index is 11.4. The molecule has 0 spiro atoms. The minimum Gasteiger partial charge on any atom is -0.328 e. The number of carbonyl (C=O) groups is 1. The molecule has 70 valence electrons. The molecular formula is C9H12N2OS. The molecule has 2 aliphatic rings. The molecule has 0 radical (unpaired) electrons. The summed E-state index contributed by atoms with van der Waals surface area (Å²) in [5.74, 6) is -0.0538. The van der Waals surface area contributed by atoms with Crippen molar-refractivity contribution in [2.75, 3.05) is 0 Å². The van der Waals surface area contributed by atoms with Gasteiger partial charge in [0, 0.05) is 0 Å². The van der Waals surface area contributed by atoms with Crippen molar-refractivity contribution in [1.29, 1.82) is 0 Å². The first-order chi connectivity index (χ1) is 6.27. The molecule has 1 heterocycles. The normalized spacial score (nSPS) is 23.1. The number of hydrogen-bond acceptors (Lipinski definition) is 2. The Morgan fingerprint density at radius 3 is 2.31 bits per heavy atom. The second-order valence-corrected chi connectivity index (χ2v) is 3.86. The zero-order chi connectivity index (χ0) is 9.26. The van der Waals surface area contributed by atoms with Crippen LogP contribution in [-0.4, -0.2) is 11.0 Å². The van der Waals surface area contributed by atoms with Crippen molar-refractivity contribution in [3.8, 4) is 0 Å². The van der Waals surface area contributed by atoms with Gasteiger partial charge < -0.3 is 5.32 Å². The molecule has 3 nitrogen and oxygen atoms in total. The van der Waals surface area contributed by atoms with E-state index >= 15 is 0 Å². The van der Waals surface area contributed by atoms with E-state index in [0.717, 1.165) is 12.8 Å². The van der Waals surface area contributed by atoms with E-state index in [1.807, 2.05) is 0 Å². The molecule has 0 aromatic rings. The number of rotatable bonds is 0. The van der Waals surface area contributed by atoms with Crippen molar-refractivity contribution in [3.63, 3.8) is 0 Å². The average Bonchev–Trinajstić information content (AvgIpc) is 2.47. The van der Waals surface area contributed by atoms with Crippen LogP contribution in [0.25, 0.3) is 0 Å². The van der Waals surface area contributed by atoms with E-state index in [2.05, 4.69) is 10.6 Å². The topological polar surface area (TPSA) is 41.1 Å². The second kappa shape index (κ2) is 3.46. The van der Waals surface area contributed by atoms with Crippen LogP contribution < -0.4 is 10.6 Å². The second-order valence-electron chi connectivity index (χ2n) is 3.45. The highest BCUT2D eigenvalue weighted by molar-refractivity contribution is 7.80. The smallest absolute Gasteiger partial charge is 0.273 e. The minimum atomic E-state index is -0.0538. The van der Waals surface area contributed by atoms with Crippen LogP contribution in [-0.2, 0) is 4.79 Å². The fourth-order valence-electron chi connectivity index (χ4n) is 1.84. The summed E-state index contributed by atoms with van der Waals surface area (Å²) in [6.45, 7) is 0. The first-order valence-electron chi connectivity index (χ1n) is 4.62. The molecule has 0 aromatic heterocycles. The number of amides is 1. The highest BCUT2D eigenvalue weighted by atomic mass is 32.1. The summed E-state index contributed by atoms with van der Waals surface area (Å²) >= 11 is 4.87. The summed E-state index contributed by atoms with van der Waals surface area (Å²) < 4.78 is 0. The van der Waals surface area contributed by atoms with Crippen molar-refractivity contribution < 1.29 is 4.79 Å². The van der Waals surface area contributed by atoms with Crippen LogP contribution in [0.5, 0.6) is 0 Å². The minimum absolute atomic E-state index is 0.0538. The third kappa shape index (κ3) is 1.72.